The maximum atomic E-state index is 12.3. The van der Waals surface area contributed by atoms with Crippen molar-refractivity contribution >= 4 is 5.91 Å². The predicted octanol–water partition coefficient (Wildman–Crippen LogP) is 9.56. The molecule has 0 bridgehead atoms. The van der Waals surface area contributed by atoms with E-state index >= 15 is 0 Å². The van der Waals surface area contributed by atoms with Crippen LogP contribution in [0.15, 0.2) is 12.2 Å². The molecule has 38 heavy (non-hydrogen) atoms. The van der Waals surface area contributed by atoms with E-state index in [1.165, 1.54) is 128 Å². The minimum Gasteiger partial charge on any atom is -0.394 e. The van der Waals surface area contributed by atoms with Gasteiger partial charge < -0.3 is 15.5 Å². The third-order valence-corrected chi connectivity index (χ3v) is 7.78. The second-order valence-corrected chi connectivity index (χ2v) is 11.6. The van der Waals surface area contributed by atoms with Gasteiger partial charge in [-0.25, -0.2) is 0 Å². The van der Waals surface area contributed by atoms with Crippen molar-refractivity contribution < 1.29 is 15.0 Å². The van der Waals surface area contributed by atoms with Gasteiger partial charge in [-0.05, 0) is 38.5 Å². The van der Waals surface area contributed by atoms with Crippen LogP contribution in [0.1, 0.15) is 181 Å². The van der Waals surface area contributed by atoms with Crippen molar-refractivity contribution in [3.05, 3.63) is 12.2 Å². The molecule has 0 aliphatic rings. The van der Waals surface area contributed by atoms with E-state index in [-0.39, 0.29) is 12.5 Å². The summed E-state index contributed by atoms with van der Waals surface area (Å²) in [6.45, 7) is 4.32. The molecule has 1 amide bonds. The molecule has 0 aliphatic heterocycles. The number of carbonyl (C=O) groups excluding carboxylic acids is 1. The topological polar surface area (TPSA) is 69.6 Å². The summed E-state index contributed by atoms with van der Waals surface area (Å²) in [6, 6.07) is -0.534. The molecule has 0 spiro atoms. The van der Waals surface area contributed by atoms with E-state index in [1.807, 2.05) is 0 Å². The Hall–Kier alpha value is -0.870. The molecule has 0 aromatic heterocycles. The van der Waals surface area contributed by atoms with Gasteiger partial charge in [-0.15, -0.1) is 0 Å². The number of amides is 1. The largest absolute Gasteiger partial charge is 0.394 e. The molecule has 0 saturated heterocycles. The van der Waals surface area contributed by atoms with E-state index in [0.29, 0.717) is 12.8 Å². The van der Waals surface area contributed by atoms with E-state index in [4.69, 9.17) is 0 Å². The Morgan fingerprint density at radius 1 is 0.605 bits per heavy atom. The highest BCUT2D eigenvalue weighted by Crippen LogP contribution is 2.14. The molecule has 4 nitrogen and oxygen atoms in total. The van der Waals surface area contributed by atoms with Gasteiger partial charge in [0.25, 0.3) is 0 Å². The highest BCUT2D eigenvalue weighted by atomic mass is 16.3. The number of allylic oxidation sites excluding steroid dienone is 2. The highest BCUT2D eigenvalue weighted by molar-refractivity contribution is 5.76. The van der Waals surface area contributed by atoms with E-state index < -0.39 is 12.1 Å². The smallest absolute Gasteiger partial charge is 0.220 e. The Morgan fingerprint density at radius 2 is 1.00 bits per heavy atom. The molecule has 226 valence electrons. The van der Waals surface area contributed by atoms with Gasteiger partial charge in [0.1, 0.15) is 0 Å². The molecule has 3 N–H and O–H groups in total. The summed E-state index contributed by atoms with van der Waals surface area (Å²) in [6.07, 6.45) is 35.4. The molecule has 0 saturated carbocycles. The van der Waals surface area contributed by atoms with Crippen molar-refractivity contribution in [3.63, 3.8) is 0 Å². The number of aliphatic hydroxyl groups excluding tert-OH is 2. The van der Waals surface area contributed by atoms with Gasteiger partial charge in [0.2, 0.25) is 5.91 Å². The minimum atomic E-state index is -0.656. The Labute approximate surface area is 237 Å². The lowest BCUT2D eigenvalue weighted by Gasteiger charge is -2.22. The van der Waals surface area contributed by atoms with Crippen LogP contribution in [0.4, 0.5) is 0 Å². The molecule has 0 heterocycles. The molecular weight excluding hydrogens is 470 g/mol. The first-order valence-corrected chi connectivity index (χ1v) is 16.9. The van der Waals surface area contributed by atoms with E-state index in [1.54, 1.807) is 0 Å². The second-order valence-electron chi connectivity index (χ2n) is 11.6. The SMILES string of the molecule is CCCCCC/C=C\CCCCCCCC(=O)N[C@@H](CO)[C@H](O)CCCCCCCCCCCCCCC. The second kappa shape index (κ2) is 30.7. The van der Waals surface area contributed by atoms with Gasteiger partial charge in [-0.1, -0.05) is 148 Å². The fraction of sp³-hybridized carbons (Fsp3) is 0.912. The lowest BCUT2D eigenvalue weighted by molar-refractivity contribution is -0.123. The summed E-state index contributed by atoms with van der Waals surface area (Å²) < 4.78 is 0. The Morgan fingerprint density at radius 3 is 1.47 bits per heavy atom. The van der Waals surface area contributed by atoms with Crippen LogP contribution < -0.4 is 5.32 Å². The van der Waals surface area contributed by atoms with Crippen molar-refractivity contribution in [1.82, 2.24) is 5.32 Å². The number of carbonyl (C=O) groups is 1. The van der Waals surface area contributed by atoms with Crippen LogP contribution in [0.3, 0.4) is 0 Å². The monoisotopic (exact) mass is 538 g/mol. The number of hydrogen-bond acceptors (Lipinski definition) is 3. The Bertz CT molecular complexity index is 508. The number of rotatable bonds is 30. The zero-order valence-corrected chi connectivity index (χ0v) is 25.7. The number of aliphatic hydroxyl groups is 2. The van der Waals surface area contributed by atoms with Crippen molar-refractivity contribution in [1.29, 1.82) is 0 Å². The average Bonchev–Trinajstić information content (AvgIpc) is 2.92. The quantitative estimate of drug-likeness (QED) is 0.0631. The van der Waals surface area contributed by atoms with Crippen molar-refractivity contribution in [2.45, 2.75) is 193 Å². The zero-order valence-electron chi connectivity index (χ0n) is 25.7. The summed E-state index contributed by atoms with van der Waals surface area (Å²) in [7, 11) is 0. The van der Waals surface area contributed by atoms with Crippen molar-refractivity contribution in [2.75, 3.05) is 6.61 Å². The Kier molecular flexibility index (Phi) is 30.0. The number of hydrogen-bond donors (Lipinski definition) is 3. The molecule has 0 aromatic rings. The third kappa shape index (κ3) is 26.7. The van der Waals surface area contributed by atoms with E-state index in [0.717, 1.165) is 25.7 Å². The minimum absolute atomic E-state index is 0.0422. The maximum Gasteiger partial charge on any atom is 0.220 e. The van der Waals surface area contributed by atoms with Crippen LogP contribution in [0, 0.1) is 0 Å². The Balaban J connectivity index is 3.59. The van der Waals surface area contributed by atoms with Crippen LogP contribution in [0.2, 0.25) is 0 Å². The van der Waals surface area contributed by atoms with Crippen LogP contribution in [-0.2, 0) is 4.79 Å². The predicted molar refractivity (Wildman–Crippen MR) is 166 cm³/mol. The summed E-state index contributed by atoms with van der Waals surface area (Å²) in [5.74, 6) is -0.0422. The normalized spacial score (nSPS) is 13.3. The zero-order chi connectivity index (χ0) is 27.9. The molecule has 4 heteroatoms. The van der Waals surface area contributed by atoms with Crippen LogP contribution >= 0.6 is 0 Å². The third-order valence-electron chi connectivity index (χ3n) is 7.78. The average molecular weight is 538 g/mol. The maximum absolute atomic E-state index is 12.3. The molecule has 0 radical (unpaired) electrons. The number of unbranched alkanes of at least 4 members (excludes halogenated alkanes) is 21. The van der Waals surface area contributed by atoms with Crippen molar-refractivity contribution in [3.8, 4) is 0 Å². The van der Waals surface area contributed by atoms with Crippen LogP contribution in [0.25, 0.3) is 0 Å². The fourth-order valence-electron chi connectivity index (χ4n) is 5.12. The van der Waals surface area contributed by atoms with Gasteiger partial charge in [0.05, 0.1) is 18.8 Å². The van der Waals surface area contributed by atoms with Crippen LogP contribution in [0.5, 0.6) is 0 Å². The summed E-state index contributed by atoms with van der Waals surface area (Å²) in [5, 5.41) is 23.0. The molecular formula is C34H67NO3. The summed E-state index contributed by atoms with van der Waals surface area (Å²) in [5.41, 5.74) is 0. The van der Waals surface area contributed by atoms with Gasteiger partial charge >= 0.3 is 0 Å². The van der Waals surface area contributed by atoms with E-state index in [9.17, 15) is 15.0 Å². The molecule has 0 aliphatic carbocycles. The summed E-state index contributed by atoms with van der Waals surface area (Å²) >= 11 is 0. The van der Waals surface area contributed by atoms with Gasteiger partial charge in [-0.2, -0.15) is 0 Å². The molecule has 0 rings (SSSR count). The lowest BCUT2D eigenvalue weighted by atomic mass is 10.0. The van der Waals surface area contributed by atoms with Gasteiger partial charge in [0, 0.05) is 6.42 Å². The summed E-state index contributed by atoms with van der Waals surface area (Å²) in [4.78, 5) is 12.3. The molecule has 0 aromatic carbocycles. The van der Waals surface area contributed by atoms with Crippen molar-refractivity contribution in [2.24, 2.45) is 0 Å². The fourth-order valence-corrected chi connectivity index (χ4v) is 5.12. The standard InChI is InChI=1S/C34H67NO3/c1-3-5-7-9-11-13-15-17-19-21-23-25-27-29-33(37)32(31-36)35-34(38)30-28-26-24-22-20-18-16-14-12-10-8-6-4-2/h14,16,32-33,36-37H,3-13,15,17-31H2,1-2H3,(H,35,38)/b16-14-/t32-,33+/m0/s1. The first-order valence-electron chi connectivity index (χ1n) is 16.9. The molecule has 0 fully saturated rings. The molecule has 2 atom stereocenters. The first-order chi connectivity index (χ1) is 18.7. The van der Waals surface area contributed by atoms with E-state index in [2.05, 4.69) is 31.3 Å². The molecule has 0 unspecified atom stereocenters. The number of nitrogens with one attached hydrogen (secondary N) is 1. The van der Waals surface area contributed by atoms with Gasteiger partial charge in [0.15, 0.2) is 0 Å². The first kappa shape index (κ1) is 37.1. The lowest BCUT2D eigenvalue weighted by Crippen LogP contribution is -2.45. The van der Waals surface area contributed by atoms with Gasteiger partial charge in [-0.3, -0.25) is 4.79 Å². The highest BCUT2D eigenvalue weighted by Gasteiger charge is 2.19. The van der Waals surface area contributed by atoms with Crippen LogP contribution in [-0.4, -0.2) is 34.9 Å².